The fourth-order valence-electron chi connectivity index (χ4n) is 2.59. The van der Waals surface area contributed by atoms with Crippen LogP contribution in [0, 0.1) is 0 Å². The predicted molar refractivity (Wildman–Crippen MR) is 87.0 cm³/mol. The standard InChI is InChI=1S/C9H7NO4.C8H7NO2/c11-7-2-4-1-6(9(13)14)10-5(4)3-8(7)12;10-7-3-5-1-2-9-6(5)4-8(7)11/h2-3,6,10H,1H2,(H,13,14);1-4,9-11H. The molecular weight excluding hydrogens is 328 g/mol. The molecule has 4 rings (SSSR count). The van der Waals surface area contributed by atoms with E-state index >= 15 is 0 Å². The van der Waals surface area contributed by atoms with Gasteiger partial charge in [0.25, 0.3) is 0 Å². The fraction of sp³-hybridized carbons (Fsp3) is 0.118. The summed E-state index contributed by atoms with van der Waals surface area (Å²) in [5.74, 6) is -2.36. The number of benzene rings is 1. The van der Waals surface area contributed by atoms with Crippen LogP contribution in [0.2, 0.25) is 0 Å². The molecule has 0 amide bonds. The third-order valence-electron chi connectivity index (χ3n) is 3.87. The highest BCUT2D eigenvalue weighted by Crippen LogP contribution is 2.29. The molecular formula is C17H14N2O6. The Labute approximate surface area is 141 Å². The first kappa shape index (κ1) is 16.3. The maximum atomic E-state index is 11.0. The molecule has 25 heavy (non-hydrogen) atoms. The van der Waals surface area contributed by atoms with E-state index in [0.717, 1.165) is 17.0 Å². The third-order valence-corrected chi connectivity index (χ3v) is 3.87. The van der Waals surface area contributed by atoms with E-state index in [9.17, 15) is 14.4 Å². The highest BCUT2D eigenvalue weighted by molar-refractivity contribution is 6.46. The molecule has 0 saturated carbocycles. The molecule has 2 aliphatic rings. The molecule has 1 fully saturated rings. The Morgan fingerprint density at radius 2 is 1.76 bits per heavy atom. The average molecular weight is 342 g/mol. The molecule has 8 heteroatoms. The average Bonchev–Trinajstić information content (AvgIpc) is 3.15. The first-order valence-corrected chi connectivity index (χ1v) is 7.34. The van der Waals surface area contributed by atoms with E-state index in [-0.39, 0.29) is 17.9 Å². The van der Waals surface area contributed by atoms with Crippen molar-refractivity contribution < 1.29 is 29.7 Å². The summed E-state index contributed by atoms with van der Waals surface area (Å²) >= 11 is 0. The Kier molecular flexibility index (Phi) is 4.02. The second kappa shape index (κ2) is 6.16. The Bertz CT molecular complexity index is 885. The lowest BCUT2D eigenvalue weighted by Crippen LogP contribution is -2.29. The van der Waals surface area contributed by atoms with Crippen molar-refractivity contribution in [1.82, 2.24) is 10.3 Å². The number of phenolic OH excluding ortho intramolecular Hbond substituents is 2. The van der Waals surface area contributed by atoms with Gasteiger partial charge in [0, 0.05) is 41.4 Å². The molecule has 0 bridgehead atoms. The van der Waals surface area contributed by atoms with Crippen LogP contribution < -0.4 is 5.32 Å². The number of ketones is 2. The predicted octanol–water partition coefficient (Wildman–Crippen LogP) is 0.974. The third kappa shape index (κ3) is 3.23. The van der Waals surface area contributed by atoms with Gasteiger partial charge in [-0.3, -0.25) is 9.59 Å². The topological polar surface area (TPSA) is 140 Å². The van der Waals surface area contributed by atoms with Crippen molar-refractivity contribution >= 4 is 28.4 Å². The number of aromatic nitrogens is 1. The number of nitrogens with one attached hydrogen (secondary N) is 2. The van der Waals surface area contributed by atoms with E-state index in [4.69, 9.17) is 15.3 Å². The number of carbonyl (C=O) groups excluding carboxylic acids is 2. The highest BCUT2D eigenvalue weighted by Gasteiger charge is 2.32. The highest BCUT2D eigenvalue weighted by atomic mass is 16.4. The van der Waals surface area contributed by atoms with Gasteiger partial charge in [-0.05, 0) is 23.8 Å². The zero-order chi connectivity index (χ0) is 18.1. The lowest BCUT2D eigenvalue weighted by atomic mass is 10.0. The monoisotopic (exact) mass is 342 g/mol. The Morgan fingerprint density at radius 1 is 1.08 bits per heavy atom. The van der Waals surface area contributed by atoms with E-state index < -0.39 is 23.6 Å². The first-order valence-electron chi connectivity index (χ1n) is 7.34. The van der Waals surface area contributed by atoms with Crippen LogP contribution in [0.3, 0.4) is 0 Å². The minimum atomic E-state index is -0.985. The number of carboxylic acid groups (broad SMARTS) is 1. The van der Waals surface area contributed by atoms with Gasteiger partial charge in [-0.25, -0.2) is 4.79 Å². The summed E-state index contributed by atoms with van der Waals surface area (Å²) in [6, 6.07) is 4.10. The number of allylic oxidation sites excluding steroid dienone is 3. The van der Waals surface area contributed by atoms with Gasteiger partial charge in [-0.2, -0.15) is 0 Å². The van der Waals surface area contributed by atoms with E-state index in [1.165, 1.54) is 18.2 Å². The number of fused-ring (bicyclic) bond motifs is 2. The number of hydrogen-bond donors (Lipinski definition) is 5. The minimum Gasteiger partial charge on any atom is -0.504 e. The van der Waals surface area contributed by atoms with Crippen LogP contribution in [0.1, 0.15) is 6.42 Å². The van der Waals surface area contributed by atoms with Crippen molar-refractivity contribution in [3.63, 3.8) is 0 Å². The maximum absolute atomic E-state index is 11.0. The van der Waals surface area contributed by atoms with E-state index in [2.05, 4.69) is 10.3 Å². The molecule has 1 saturated heterocycles. The van der Waals surface area contributed by atoms with Gasteiger partial charge < -0.3 is 25.6 Å². The second-order valence-electron chi connectivity index (χ2n) is 5.60. The molecule has 2 heterocycles. The number of aromatic amines is 1. The van der Waals surface area contributed by atoms with Gasteiger partial charge in [-0.15, -0.1) is 0 Å². The van der Waals surface area contributed by atoms with Crippen LogP contribution in [0.15, 0.2) is 47.8 Å². The van der Waals surface area contributed by atoms with Gasteiger partial charge >= 0.3 is 5.97 Å². The lowest BCUT2D eigenvalue weighted by molar-refractivity contribution is -0.138. The number of rotatable bonds is 1. The number of carbonyl (C=O) groups is 3. The number of aromatic hydroxyl groups is 2. The Balaban J connectivity index is 0.000000150. The smallest absolute Gasteiger partial charge is 0.326 e. The van der Waals surface area contributed by atoms with Crippen molar-refractivity contribution in [3.05, 3.63) is 47.8 Å². The van der Waals surface area contributed by atoms with Gasteiger partial charge in [0.15, 0.2) is 11.5 Å². The molecule has 1 aromatic carbocycles. The Hall–Kier alpha value is -3.55. The summed E-state index contributed by atoms with van der Waals surface area (Å²) in [5, 5.41) is 30.4. The van der Waals surface area contributed by atoms with Crippen LogP contribution in [0.4, 0.5) is 0 Å². The molecule has 1 aliphatic heterocycles. The number of hydrogen-bond acceptors (Lipinski definition) is 6. The van der Waals surface area contributed by atoms with E-state index in [1.54, 1.807) is 6.20 Å². The second-order valence-corrected chi connectivity index (χ2v) is 5.60. The summed E-state index contributed by atoms with van der Waals surface area (Å²) < 4.78 is 0. The van der Waals surface area contributed by atoms with Crippen molar-refractivity contribution in [3.8, 4) is 11.5 Å². The summed E-state index contributed by atoms with van der Waals surface area (Å²) in [6.07, 6.45) is 4.36. The number of phenols is 2. The van der Waals surface area contributed by atoms with Crippen molar-refractivity contribution in [2.45, 2.75) is 12.5 Å². The molecule has 5 N–H and O–H groups in total. The van der Waals surface area contributed by atoms with Crippen molar-refractivity contribution in [1.29, 1.82) is 0 Å². The number of carboxylic acids is 1. The number of H-pyrrole nitrogens is 1. The Morgan fingerprint density at radius 3 is 2.48 bits per heavy atom. The zero-order valence-corrected chi connectivity index (χ0v) is 12.8. The molecule has 1 aliphatic carbocycles. The van der Waals surface area contributed by atoms with Crippen LogP contribution in [0.5, 0.6) is 11.5 Å². The normalized spacial score (nSPS) is 18.6. The molecule has 8 nitrogen and oxygen atoms in total. The van der Waals surface area contributed by atoms with Gasteiger partial charge in [0.05, 0.1) is 0 Å². The van der Waals surface area contributed by atoms with Crippen molar-refractivity contribution in [2.24, 2.45) is 0 Å². The maximum Gasteiger partial charge on any atom is 0.326 e. The molecule has 0 spiro atoms. The SMILES string of the molecule is O=C1C=C2CC(C(=O)O)NC2=CC1=O.Oc1cc2cc[nH]c2cc1O. The molecule has 0 radical (unpaired) electrons. The van der Waals surface area contributed by atoms with Crippen LogP contribution >= 0.6 is 0 Å². The van der Waals surface area contributed by atoms with Gasteiger partial charge in [-0.1, -0.05) is 0 Å². The van der Waals surface area contributed by atoms with Gasteiger partial charge in [0.1, 0.15) is 6.04 Å². The molecule has 1 atom stereocenters. The largest absolute Gasteiger partial charge is 0.504 e. The molecule has 2 aromatic rings. The van der Waals surface area contributed by atoms with Crippen LogP contribution in [-0.4, -0.2) is 43.9 Å². The summed E-state index contributed by atoms with van der Waals surface area (Å²) in [7, 11) is 0. The zero-order valence-electron chi connectivity index (χ0n) is 12.8. The lowest BCUT2D eigenvalue weighted by Gasteiger charge is -2.05. The summed E-state index contributed by atoms with van der Waals surface area (Å²) in [4.78, 5) is 35.5. The molecule has 1 aromatic heterocycles. The minimum absolute atomic E-state index is 0.0860. The molecule has 1 unspecified atom stereocenters. The summed E-state index contributed by atoms with van der Waals surface area (Å²) in [6.45, 7) is 0. The number of aliphatic carboxylic acids is 1. The summed E-state index contributed by atoms with van der Waals surface area (Å²) in [5.41, 5.74) is 1.88. The molecule has 128 valence electrons. The quantitative estimate of drug-likeness (QED) is 0.295. The van der Waals surface area contributed by atoms with Crippen LogP contribution in [0.25, 0.3) is 10.9 Å². The van der Waals surface area contributed by atoms with Gasteiger partial charge in [0.2, 0.25) is 11.6 Å². The van der Waals surface area contributed by atoms with E-state index in [0.29, 0.717) is 11.3 Å². The fourth-order valence-corrected chi connectivity index (χ4v) is 2.59. The van der Waals surface area contributed by atoms with Crippen molar-refractivity contribution in [2.75, 3.05) is 0 Å². The van der Waals surface area contributed by atoms with Crippen LogP contribution in [-0.2, 0) is 14.4 Å². The first-order chi connectivity index (χ1) is 11.8. The van der Waals surface area contributed by atoms with E-state index in [1.807, 2.05) is 6.07 Å².